The van der Waals surface area contributed by atoms with Crippen LogP contribution in [0.25, 0.3) is 54.6 Å². The Labute approximate surface area is 156 Å². The average molecular weight is 344 g/mol. The molecule has 1 nitrogen and oxygen atoms in total. The lowest BCUT2D eigenvalue weighted by molar-refractivity contribution is 0.669. The van der Waals surface area contributed by atoms with Gasteiger partial charge in [-0.25, -0.2) is 0 Å². The molecule has 27 heavy (non-hydrogen) atoms. The van der Waals surface area contributed by atoms with Crippen molar-refractivity contribution in [1.29, 1.82) is 0 Å². The van der Waals surface area contributed by atoms with Crippen molar-refractivity contribution >= 4 is 43.5 Å². The third-order valence-corrected chi connectivity index (χ3v) is 5.44. The predicted octanol–water partition coefficient (Wildman–Crippen LogP) is 7.56. The van der Waals surface area contributed by atoms with E-state index in [1.165, 1.54) is 43.4 Å². The minimum Gasteiger partial charge on any atom is -0.456 e. The summed E-state index contributed by atoms with van der Waals surface area (Å²) in [6.07, 6.45) is 0. The predicted molar refractivity (Wildman–Crippen MR) is 114 cm³/mol. The molecule has 1 aromatic heterocycles. The first-order valence-corrected chi connectivity index (χ1v) is 9.21. The lowest BCUT2D eigenvalue weighted by atomic mass is 9.90. The Morgan fingerprint density at radius 1 is 0.481 bits per heavy atom. The van der Waals surface area contributed by atoms with E-state index in [-0.39, 0.29) is 0 Å². The first kappa shape index (κ1) is 14.6. The maximum Gasteiger partial charge on any atom is 0.136 e. The number of benzene rings is 5. The van der Waals surface area contributed by atoms with Gasteiger partial charge in [-0.05, 0) is 50.9 Å². The number of hydrogen-bond acceptors (Lipinski definition) is 1. The summed E-state index contributed by atoms with van der Waals surface area (Å²) < 4.78 is 6.14. The second-order valence-electron chi connectivity index (χ2n) is 6.97. The van der Waals surface area contributed by atoms with E-state index in [2.05, 4.69) is 84.9 Å². The lowest BCUT2D eigenvalue weighted by Gasteiger charge is -2.13. The highest BCUT2D eigenvalue weighted by Gasteiger charge is 2.16. The fraction of sp³-hybridized carbons (Fsp3) is 0. The quantitative estimate of drug-likeness (QED) is 0.280. The largest absolute Gasteiger partial charge is 0.456 e. The van der Waals surface area contributed by atoms with Crippen LogP contribution in [0.2, 0.25) is 0 Å². The Morgan fingerprint density at radius 2 is 1.07 bits per heavy atom. The topological polar surface area (TPSA) is 13.1 Å². The number of rotatable bonds is 1. The standard InChI is InChI=1S/C26H16O/c1-3-10-19-17(8-1)16-18-9-2-4-11-20(18)25(19)22-13-7-15-24-26(22)21-12-5-6-14-23(21)27-24/h1-16H. The summed E-state index contributed by atoms with van der Waals surface area (Å²) in [4.78, 5) is 0. The molecule has 0 radical (unpaired) electrons. The molecule has 1 heterocycles. The van der Waals surface area contributed by atoms with E-state index in [0.29, 0.717) is 0 Å². The minimum atomic E-state index is 0.935. The summed E-state index contributed by atoms with van der Waals surface area (Å²) in [6, 6.07) is 34.2. The smallest absolute Gasteiger partial charge is 0.136 e. The molecule has 0 bridgehead atoms. The SMILES string of the molecule is c1ccc2c(-c3cccc4oc5ccccc5c34)c3ccccc3cc2c1. The molecule has 6 aromatic rings. The molecule has 0 saturated heterocycles. The number of hydrogen-bond donors (Lipinski definition) is 0. The third kappa shape index (κ3) is 2.06. The van der Waals surface area contributed by atoms with Gasteiger partial charge in [0.1, 0.15) is 11.2 Å². The molecule has 5 aromatic carbocycles. The molecule has 0 aliphatic carbocycles. The number of furan rings is 1. The molecule has 0 atom stereocenters. The minimum absolute atomic E-state index is 0.935. The summed E-state index contributed by atoms with van der Waals surface area (Å²) >= 11 is 0. The Bertz CT molecular complexity index is 1420. The van der Waals surface area contributed by atoms with E-state index in [1.54, 1.807) is 0 Å². The van der Waals surface area contributed by atoms with E-state index < -0.39 is 0 Å². The van der Waals surface area contributed by atoms with Crippen LogP contribution in [-0.2, 0) is 0 Å². The monoisotopic (exact) mass is 344 g/mol. The van der Waals surface area contributed by atoms with Gasteiger partial charge >= 0.3 is 0 Å². The molecule has 0 N–H and O–H groups in total. The maximum absolute atomic E-state index is 6.14. The molecular formula is C26H16O. The normalized spacial score (nSPS) is 11.7. The highest BCUT2D eigenvalue weighted by atomic mass is 16.3. The van der Waals surface area contributed by atoms with Crippen LogP contribution in [0, 0.1) is 0 Å². The first-order chi connectivity index (χ1) is 13.4. The number of para-hydroxylation sites is 1. The zero-order valence-electron chi connectivity index (χ0n) is 14.6. The van der Waals surface area contributed by atoms with E-state index >= 15 is 0 Å². The molecular weight excluding hydrogens is 328 g/mol. The van der Waals surface area contributed by atoms with Gasteiger partial charge in [-0.2, -0.15) is 0 Å². The van der Waals surface area contributed by atoms with Gasteiger partial charge in [-0.15, -0.1) is 0 Å². The van der Waals surface area contributed by atoms with Gasteiger partial charge in [0.2, 0.25) is 0 Å². The van der Waals surface area contributed by atoms with Crippen LogP contribution >= 0.6 is 0 Å². The van der Waals surface area contributed by atoms with Crippen LogP contribution in [0.3, 0.4) is 0 Å². The summed E-state index contributed by atoms with van der Waals surface area (Å²) in [7, 11) is 0. The van der Waals surface area contributed by atoms with Crippen molar-refractivity contribution in [3.8, 4) is 11.1 Å². The van der Waals surface area contributed by atoms with Gasteiger partial charge in [-0.1, -0.05) is 78.9 Å². The van der Waals surface area contributed by atoms with Crippen molar-refractivity contribution in [2.75, 3.05) is 0 Å². The van der Waals surface area contributed by atoms with Gasteiger partial charge in [0.05, 0.1) is 0 Å². The van der Waals surface area contributed by atoms with E-state index in [0.717, 1.165) is 11.2 Å². The van der Waals surface area contributed by atoms with Crippen LogP contribution < -0.4 is 0 Å². The zero-order valence-corrected chi connectivity index (χ0v) is 14.6. The fourth-order valence-electron chi connectivity index (χ4n) is 4.29. The average Bonchev–Trinajstić information content (AvgIpc) is 3.11. The molecule has 0 aliphatic heterocycles. The van der Waals surface area contributed by atoms with Gasteiger partial charge in [0, 0.05) is 10.8 Å². The second kappa shape index (κ2) is 5.46. The van der Waals surface area contributed by atoms with Crippen LogP contribution in [-0.4, -0.2) is 0 Å². The van der Waals surface area contributed by atoms with Gasteiger partial charge in [0.25, 0.3) is 0 Å². The van der Waals surface area contributed by atoms with E-state index in [9.17, 15) is 0 Å². The van der Waals surface area contributed by atoms with E-state index in [1.807, 2.05) is 12.1 Å². The zero-order chi connectivity index (χ0) is 17.8. The maximum atomic E-state index is 6.14. The highest BCUT2D eigenvalue weighted by Crippen LogP contribution is 2.42. The van der Waals surface area contributed by atoms with Crippen molar-refractivity contribution < 1.29 is 4.42 Å². The lowest BCUT2D eigenvalue weighted by Crippen LogP contribution is -1.86. The Kier molecular flexibility index (Phi) is 2.95. The molecule has 6 rings (SSSR count). The van der Waals surface area contributed by atoms with Crippen molar-refractivity contribution in [2.24, 2.45) is 0 Å². The van der Waals surface area contributed by atoms with Gasteiger partial charge in [-0.3, -0.25) is 0 Å². The molecule has 0 unspecified atom stereocenters. The van der Waals surface area contributed by atoms with Crippen LogP contribution in [0.4, 0.5) is 0 Å². The van der Waals surface area contributed by atoms with Crippen molar-refractivity contribution in [1.82, 2.24) is 0 Å². The molecule has 126 valence electrons. The third-order valence-electron chi connectivity index (χ3n) is 5.44. The van der Waals surface area contributed by atoms with Gasteiger partial charge in [0.15, 0.2) is 0 Å². The highest BCUT2D eigenvalue weighted by molar-refractivity contribution is 6.20. The Morgan fingerprint density at radius 3 is 1.81 bits per heavy atom. The van der Waals surface area contributed by atoms with Crippen molar-refractivity contribution in [3.63, 3.8) is 0 Å². The fourth-order valence-corrected chi connectivity index (χ4v) is 4.29. The van der Waals surface area contributed by atoms with E-state index in [4.69, 9.17) is 4.42 Å². The Hall–Kier alpha value is -3.58. The molecule has 0 amide bonds. The first-order valence-electron chi connectivity index (χ1n) is 9.21. The summed E-state index contributed by atoms with van der Waals surface area (Å²) in [6.45, 7) is 0. The van der Waals surface area contributed by atoms with Crippen LogP contribution in [0.5, 0.6) is 0 Å². The number of fused-ring (bicyclic) bond motifs is 5. The molecule has 0 aliphatic rings. The Balaban J connectivity index is 1.88. The summed E-state index contributed by atoms with van der Waals surface area (Å²) in [5.41, 5.74) is 4.38. The molecule has 1 heteroatoms. The van der Waals surface area contributed by atoms with Gasteiger partial charge < -0.3 is 4.42 Å². The summed E-state index contributed by atoms with van der Waals surface area (Å²) in [5.74, 6) is 0. The molecule has 0 saturated carbocycles. The molecule has 0 spiro atoms. The second-order valence-corrected chi connectivity index (χ2v) is 6.97. The van der Waals surface area contributed by atoms with Crippen LogP contribution in [0.1, 0.15) is 0 Å². The summed E-state index contributed by atoms with van der Waals surface area (Å²) in [5, 5.41) is 7.42. The molecule has 0 fully saturated rings. The van der Waals surface area contributed by atoms with Crippen molar-refractivity contribution in [2.45, 2.75) is 0 Å². The van der Waals surface area contributed by atoms with Crippen LogP contribution in [0.15, 0.2) is 101 Å². The van der Waals surface area contributed by atoms with Crippen molar-refractivity contribution in [3.05, 3.63) is 97.1 Å².